The Hall–Kier alpha value is -0.0800. The summed E-state index contributed by atoms with van der Waals surface area (Å²) in [5.41, 5.74) is 0.278. The van der Waals surface area contributed by atoms with Crippen molar-refractivity contribution in [3.63, 3.8) is 0 Å². The predicted molar refractivity (Wildman–Crippen MR) is 127 cm³/mol. The molecule has 1 aliphatic rings. The number of aliphatic hydroxyl groups is 2. The lowest BCUT2D eigenvalue weighted by Gasteiger charge is -2.49. The molecule has 0 aromatic rings. The Balaban J connectivity index is 3.00. The fourth-order valence-electron chi connectivity index (χ4n) is 6.12. The van der Waals surface area contributed by atoms with E-state index in [0.29, 0.717) is 47.3 Å². The third-order valence-corrected chi connectivity index (χ3v) is 8.77. The third kappa shape index (κ3) is 6.96. The molecule has 1 saturated carbocycles. The molecular formula is C27H54O2. The molecule has 1 fully saturated rings. The monoisotopic (exact) mass is 410 g/mol. The van der Waals surface area contributed by atoms with Gasteiger partial charge in [-0.3, -0.25) is 0 Å². The van der Waals surface area contributed by atoms with Gasteiger partial charge in [0.15, 0.2) is 0 Å². The summed E-state index contributed by atoms with van der Waals surface area (Å²) < 4.78 is 0. The summed E-state index contributed by atoms with van der Waals surface area (Å²) in [6.45, 7) is 27.6. The van der Waals surface area contributed by atoms with Gasteiger partial charge in [-0.25, -0.2) is 0 Å². The highest BCUT2D eigenvalue weighted by Crippen LogP contribution is 2.50. The number of aliphatic hydroxyl groups excluding tert-OH is 2. The van der Waals surface area contributed by atoms with E-state index in [9.17, 15) is 10.2 Å². The van der Waals surface area contributed by atoms with Gasteiger partial charge in [0.2, 0.25) is 0 Å². The van der Waals surface area contributed by atoms with Gasteiger partial charge in [-0.15, -0.1) is 0 Å². The second kappa shape index (κ2) is 10.0. The van der Waals surface area contributed by atoms with Crippen LogP contribution >= 0.6 is 0 Å². The van der Waals surface area contributed by atoms with Crippen molar-refractivity contribution < 1.29 is 10.2 Å². The highest BCUT2D eigenvalue weighted by Gasteiger charge is 2.45. The van der Waals surface area contributed by atoms with Crippen molar-refractivity contribution in [1.82, 2.24) is 0 Å². The zero-order valence-electron chi connectivity index (χ0n) is 21.8. The van der Waals surface area contributed by atoms with E-state index in [1.54, 1.807) is 0 Å². The minimum Gasteiger partial charge on any atom is -0.393 e. The van der Waals surface area contributed by atoms with Crippen LogP contribution in [0.25, 0.3) is 0 Å². The lowest BCUT2D eigenvalue weighted by atomic mass is 9.57. The van der Waals surface area contributed by atoms with Gasteiger partial charge < -0.3 is 10.2 Å². The molecule has 0 bridgehead atoms. The van der Waals surface area contributed by atoms with Gasteiger partial charge in [-0.1, -0.05) is 83.1 Å². The van der Waals surface area contributed by atoms with Gasteiger partial charge in [0.25, 0.3) is 0 Å². The normalized spacial score (nSPS) is 32.0. The molecule has 1 aliphatic carbocycles. The minimum absolute atomic E-state index is 0.133. The van der Waals surface area contributed by atoms with Crippen LogP contribution in [0.5, 0.6) is 0 Å². The Labute approximate surface area is 183 Å². The molecule has 29 heavy (non-hydrogen) atoms. The van der Waals surface area contributed by atoms with Crippen LogP contribution in [0.1, 0.15) is 102 Å². The Morgan fingerprint density at radius 3 is 1.83 bits per heavy atom. The Morgan fingerprint density at radius 2 is 1.41 bits per heavy atom. The summed E-state index contributed by atoms with van der Waals surface area (Å²) in [6.07, 6.45) is 2.53. The lowest BCUT2D eigenvalue weighted by molar-refractivity contribution is -0.0625. The zero-order chi connectivity index (χ0) is 22.9. The Bertz CT molecular complexity index is 484. The first-order valence-corrected chi connectivity index (χ1v) is 12.3. The molecule has 0 radical (unpaired) electrons. The molecular weight excluding hydrogens is 356 g/mol. The summed E-state index contributed by atoms with van der Waals surface area (Å²) in [5.74, 6) is 4.20. The second-order valence-electron chi connectivity index (χ2n) is 13.3. The standard InChI is InChI=1S/C27H54O2/c1-16(2)25(19(5)17(3)13-23(28)20(6)26(7,8)9)21-15-22(27(10,11)12)24(29)14-18(21)4/h16-25,28-29H,13-15H2,1-12H3. The van der Waals surface area contributed by atoms with Crippen LogP contribution in [0.4, 0.5) is 0 Å². The van der Waals surface area contributed by atoms with Crippen molar-refractivity contribution in [3.8, 4) is 0 Å². The van der Waals surface area contributed by atoms with Crippen molar-refractivity contribution in [1.29, 1.82) is 0 Å². The van der Waals surface area contributed by atoms with Gasteiger partial charge in [-0.05, 0) is 77.4 Å². The van der Waals surface area contributed by atoms with Crippen LogP contribution in [0.2, 0.25) is 0 Å². The van der Waals surface area contributed by atoms with E-state index < -0.39 is 0 Å². The SMILES string of the molecule is CC(C)C(C(C)C(C)CC(O)C(C)C(C)(C)C)C1CC(C(C)(C)C)C(O)CC1C. The van der Waals surface area contributed by atoms with Crippen molar-refractivity contribution >= 4 is 0 Å². The smallest absolute Gasteiger partial charge is 0.0576 e. The maximum Gasteiger partial charge on any atom is 0.0576 e. The average molecular weight is 411 g/mol. The number of hydrogen-bond donors (Lipinski definition) is 2. The first kappa shape index (κ1) is 27.0. The van der Waals surface area contributed by atoms with Crippen LogP contribution in [-0.2, 0) is 0 Å². The van der Waals surface area contributed by atoms with Crippen molar-refractivity contribution in [2.45, 2.75) is 115 Å². The first-order valence-electron chi connectivity index (χ1n) is 12.3. The summed E-state index contributed by atoms with van der Waals surface area (Å²) in [7, 11) is 0. The molecule has 174 valence electrons. The van der Waals surface area contributed by atoms with Gasteiger partial charge in [-0.2, -0.15) is 0 Å². The topological polar surface area (TPSA) is 40.5 Å². The highest BCUT2D eigenvalue weighted by atomic mass is 16.3. The minimum atomic E-state index is -0.242. The number of hydrogen-bond acceptors (Lipinski definition) is 2. The van der Waals surface area contributed by atoms with Crippen molar-refractivity contribution in [2.75, 3.05) is 0 Å². The van der Waals surface area contributed by atoms with E-state index in [0.717, 1.165) is 19.3 Å². The molecule has 0 amide bonds. The highest BCUT2D eigenvalue weighted by molar-refractivity contribution is 4.94. The van der Waals surface area contributed by atoms with Gasteiger partial charge >= 0.3 is 0 Å². The molecule has 2 heteroatoms. The van der Waals surface area contributed by atoms with E-state index in [1.165, 1.54) is 0 Å². The molecule has 9 atom stereocenters. The van der Waals surface area contributed by atoms with Crippen LogP contribution in [0.3, 0.4) is 0 Å². The van der Waals surface area contributed by atoms with Gasteiger partial charge in [0, 0.05) is 0 Å². The molecule has 2 N–H and O–H groups in total. The van der Waals surface area contributed by atoms with E-state index >= 15 is 0 Å². The first-order chi connectivity index (χ1) is 13.0. The van der Waals surface area contributed by atoms with E-state index in [1.807, 2.05) is 0 Å². The fourth-order valence-corrected chi connectivity index (χ4v) is 6.12. The largest absolute Gasteiger partial charge is 0.393 e. The van der Waals surface area contributed by atoms with Crippen LogP contribution in [0, 0.1) is 58.2 Å². The molecule has 9 unspecified atom stereocenters. The summed E-state index contributed by atoms with van der Waals surface area (Å²) >= 11 is 0. The summed E-state index contributed by atoms with van der Waals surface area (Å²) in [5, 5.41) is 21.7. The predicted octanol–water partition coefficient (Wildman–Crippen LogP) is 7.03. The molecule has 1 rings (SSSR count). The van der Waals surface area contributed by atoms with E-state index in [-0.39, 0.29) is 23.0 Å². The molecule has 0 spiro atoms. The van der Waals surface area contributed by atoms with Crippen LogP contribution < -0.4 is 0 Å². The van der Waals surface area contributed by atoms with Crippen LogP contribution in [0.15, 0.2) is 0 Å². The van der Waals surface area contributed by atoms with Crippen molar-refractivity contribution in [2.24, 2.45) is 58.2 Å². The van der Waals surface area contributed by atoms with E-state index in [4.69, 9.17) is 0 Å². The van der Waals surface area contributed by atoms with Gasteiger partial charge in [0.1, 0.15) is 0 Å². The lowest BCUT2D eigenvalue weighted by Crippen LogP contribution is -2.46. The summed E-state index contributed by atoms with van der Waals surface area (Å²) in [6, 6.07) is 0. The molecule has 0 heterocycles. The quantitative estimate of drug-likeness (QED) is 0.473. The van der Waals surface area contributed by atoms with Gasteiger partial charge in [0.05, 0.1) is 12.2 Å². The molecule has 2 nitrogen and oxygen atoms in total. The molecule has 0 aromatic carbocycles. The fraction of sp³-hybridized carbons (Fsp3) is 1.00. The molecule has 0 aliphatic heterocycles. The summed E-state index contributed by atoms with van der Waals surface area (Å²) in [4.78, 5) is 0. The molecule has 0 aromatic heterocycles. The maximum absolute atomic E-state index is 10.9. The zero-order valence-corrected chi connectivity index (χ0v) is 21.8. The maximum atomic E-state index is 10.9. The molecule has 0 saturated heterocycles. The Kier molecular flexibility index (Phi) is 9.32. The Morgan fingerprint density at radius 1 is 0.897 bits per heavy atom. The van der Waals surface area contributed by atoms with Crippen LogP contribution in [-0.4, -0.2) is 22.4 Å². The van der Waals surface area contributed by atoms with Crippen molar-refractivity contribution in [3.05, 3.63) is 0 Å². The average Bonchev–Trinajstić information content (AvgIpc) is 2.53. The number of rotatable bonds is 7. The van der Waals surface area contributed by atoms with E-state index in [2.05, 4.69) is 83.1 Å². The second-order valence-corrected chi connectivity index (χ2v) is 13.3. The third-order valence-electron chi connectivity index (χ3n) is 8.77.